The number of para-hydroxylation sites is 1. The molecular formula is C25H25N3O4. The van der Waals surface area contributed by atoms with Crippen LogP contribution in [0.15, 0.2) is 48.5 Å². The number of benzene rings is 2. The number of aromatic nitrogens is 1. The number of anilines is 2. The topological polar surface area (TPSA) is 91.5 Å². The van der Waals surface area contributed by atoms with E-state index in [-0.39, 0.29) is 11.8 Å². The summed E-state index contributed by atoms with van der Waals surface area (Å²) in [6, 6.07) is 14.7. The second-order valence-electron chi connectivity index (χ2n) is 7.69. The number of rotatable bonds is 5. The first-order valence-electron chi connectivity index (χ1n) is 10.6. The standard InChI is InChI=1S/C25H25N3O4/c1-4-19-21(25(31)32-3)15(2)22(27-19)23(29)26-18-11-9-17(10-12-18)24(30)28-14-13-16-7-5-6-8-20(16)28/h5-12,27H,4,13-14H2,1-3H3,(H,26,29). The van der Waals surface area contributed by atoms with Crippen LogP contribution in [0.4, 0.5) is 11.4 Å². The predicted octanol–water partition coefficient (Wildman–Crippen LogP) is 4.13. The Bertz CT molecular complexity index is 1190. The van der Waals surface area contributed by atoms with Crippen molar-refractivity contribution in [1.29, 1.82) is 0 Å². The van der Waals surface area contributed by atoms with Crippen LogP contribution >= 0.6 is 0 Å². The van der Waals surface area contributed by atoms with Crippen molar-refractivity contribution in [2.75, 3.05) is 23.9 Å². The highest BCUT2D eigenvalue weighted by atomic mass is 16.5. The van der Waals surface area contributed by atoms with Crippen LogP contribution in [0.3, 0.4) is 0 Å². The lowest BCUT2D eigenvalue weighted by molar-refractivity contribution is 0.0598. The van der Waals surface area contributed by atoms with E-state index in [1.807, 2.05) is 31.2 Å². The van der Waals surface area contributed by atoms with E-state index in [9.17, 15) is 14.4 Å². The van der Waals surface area contributed by atoms with Crippen molar-refractivity contribution < 1.29 is 19.1 Å². The Morgan fingerprint density at radius 3 is 2.50 bits per heavy atom. The molecule has 0 atom stereocenters. The Morgan fingerprint density at radius 2 is 1.81 bits per heavy atom. The molecule has 7 heteroatoms. The number of amides is 2. The molecule has 0 unspecified atom stereocenters. The van der Waals surface area contributed by atoms with Crippen molar-refractivity contribution in [3.63, 3.8) is 0 Å². The largest absolute Gasteiger partial charge is 0.465 e. The van der Waals surface area contributed by atoms with Crippen LogP contribution < -0.4 is 10.2 Å². The van der Waals surface area contributed by atoms with Gasteiger partial charge in [-0.15, -0.1) is 0 Å². The summed E-state index contributed by atoms with van der Waals surface area (Å²) in [5.41, 5.74) is 5.14. The molecule has 2 heterocycles. The van der Waals surface area contributed by atoms with Crippen molar-refractivity contribution >= 4 is 29.2 Å². The van der Waals surface area contributed by atoms with Crippen LogP contribution in [0, 0.1) is 6.92 Å². The van der Waals surface area contributed by atoms with E-state index < -0.39 is 5.97 Å². The highest BCUT2D eigenvalue weighted by Crippen LogP contribution is 2.29. The molecule has 7 nitrogen and oxygen atoms in total. The number of nitrogens with one attached hydrogen (secondary N) is 2. The Labute approximate surface area is 186 Å². The lowest BCUT2D eigenvalue weighted by Gasteiger charge is -2.17. The normalized spacial score (nSPS) is 12.4. The van der Waals surface area contributed by atoms with Gasteiger partial charge in [0.15, 0.2) is 0 Å². The zero-order valence-electron chi connectivity index (χ0n) is 18.3. The molecule has 0 saturated heterocycles. The molecule has 1 aromatic heterocycles. The maximum Gasteiger partial charge on any atom is 0.339 e. The number of esters is 1. The van der Waals surface area contributed by atoms with Crippen LogP contribution in [0.5, 0.6) is 0 Å². The van der Waals surface area contributed by atoms with Gasteiger partial charge < -0.3 is 19.9 Å². The summed E-state index contributed by atoms with van der Waals surface area (Å²) in [7, 11) is 1.32. The van der Waals surface area contributed by atoms with Gasteiger partial charge in [-0.2, -0.15) is 0 Å². The second kappa shape index (κ2) is 8.70. The van der Waals surface area contributed by atoms with Crippen molar-refractivity contribution in [3.05, 3.63) is 82.2 Å². The zero-order valence-corrected chi connectivity index (χ0v) is 18.3. The van der Waals surface area contributed by atoms with Gasteiger partial charge in [0.05, 0.1) is 12.7 Å². The van der Waals surface area contributed by atoms with Gasteiger partial charge in [-0.3, -0.25) is 9.59 Å². The zero-order chi connectivity index (χ0) is 22.8. The van der Waals surface area contributed by atoms with E-state index >= 15 is 0 Å². The number of H-pyrrole nitrogens is 1. The van der Waals surface area contributed by atoms with Gasteiger partial charge in [-0.25, -0.2) is 4.79 Å². The van der Waals surface area contributed by atoms with E-state index in [4.69, 9.17) is 4.74 Å². The smallest absolute Gasteiger partial charge is 0.339 e. The van der Waals surface area contributed by atoms with E-state index in [1.54, 1.807) is 36.1 Å². The molecule has 2 aromatic carbocycles. The third kappa shape index (κ3) is 3.77. The summed E-state index contributed by atoms with van der Waals surface area (Å²) >= 11 is 0. The molecule has 1 aliphatic rings. The Kier molecular flexibility index (Phi) is 5.81. The molecule has 2 N–H and O–H groups in total. The summed E-state index contributed by atoms with van der Waals surface area (Å²) in [6.07, 6.45) is 1.41. The lowest BCUT2D eigenvalue weighted by Crippen LogP contribution is -2.28. The molecule has 0 spiro atoms. The van der Waals surface area contributed by atoms with Crippen LogP contribution in [0.25, 0.3) is 0 Å². The highest BCUT2D eigenvalue weighted by Gasteiger charge is 2.26. The first-order chi connectivity index (χ1) is 15.4. The van der Waals surface area contributed by atoms with Gasteiger partial charge in [0.2, 0.25) is 0 Å². The van der Waals surface area contributed by atoms with Gasteiger partial charge >= 0.3 is 5.97 Å². The molecule has 3 aromatic rings. The van der Waals surface area contributed by atoms with Gasteiger partial charge in [0.1, 0.15) is 5.69 Å². The number of aromatic amines is 1. The summed E-state index contributed by atoms with van der Waals surface area (Å²) in [4.78, 5) is 42.7. The minimum atomic E-state index is -0.471. The number of nitrogens with zero attached hydrogens (tertiary/aromatic N) is 1. The van der Waals surface area contributed by atoms with Crippen LogP contribution in [0.2, 0.25) is 0 Å². The van der Waals surface area contributed by atoms with Crippen LogP contribution in [-0.4, -0.2) is 36.4 Å². The van der Waals surface area contributed by atoms with Crippen molar-refractivity contribution in [2.45, 2.75) is 26.7 Å². The van der Waals surface area contributed by atoms with Gasteiger partial charge in [-0.05, 0) is 61.2 Å². The molecule has 0 aliphatic carbocycles. The Balaban J connectivity index is 1.50. The lowest BCUT2D eigenvalue weighted by atomic mass is 10.1. The maximum atomic E-state index is 13.0. The number of methoxy groups -OCH3 is 1. The summed E-state index contributed by atoms with van der Waals surface area (Å²) in [6.45, 7) is 4.27. The number of carbonyl (C=O) groups is 3. The summed E-state index contributed by atoms with van der Waals surface area (Å²) in [5, 5.41) is 2.82. The fourth-order valence-corrected chi connectivity index (χ4v) is 4.12. The number of fused-ring (bicyclic) bond motifs is 1. The molecule has 0 fully saturated rings. The summed E-state index contributed by atoms with van der Waals surface area (Å²) < 4.78 is 4.84. The number of hydrogen-bond acceptors (Lipinski definition) is 4. The third-order valence-corrected chi connectivity index (χ3v) is 5.82. The Hall–Kier alpha value is -3.87. The van der Waals surface area contributed by atoms with Crippen molar-refractivity contribution in [2.24, 2.45) is 0 Å². The molecule has 1 aliphatic heterocycles. The average Bonchev–Trinajstić information content (AvgIpc) is 3.39. The predicted molar refractivity (Wildman–Crippen MR) is 122 cm³/mol. The van der Waals surface area contributed by atoms with Gasteiger partial charge in [0.25, 0.3) is 11.8 Å². The fraction of sp³-hybridized carbons (Fsp3) is 0.240. The first kappa shape index (κ1) is 21.4. The summed E-state index contributed by atoms with van der Waals surface area (Å²) in [5.74, 6) is -0.899. The van der Waals surface area contributed by atoms with E-state index in [1.165, 1.54) is 12.7 Å². The van der Waals surface area contributed by atoms with E-state index in [0.717, 1.165) is 12.1 Å². The molecule has 0 radical (unpaired) electrons. The molecular weight excluding hydrogens is 406 g/mol. The van der Waals surface area contributed by atoms with Gasteiger partial charge in [-0.1, -0.05) is 25.1 Å². The number of carbonyl (C=O) groups excluding carboxylic acids is 3. The minimum Gasteiger partial charge on any atom is -0.465 e. The van der Waals surface area contributed by atoms with E-state index in [0.29, 0.717) is 46.7 Å². The fourth-order valence-electron chi connectivity index (χ4n) is 4.12. The monoisotopic (exact) mass is 431 g/mol. The average molecular weight is 431 g/mol. The highest BCUT2D eigenvalue weighted by molar-refractivity contribution is 6.09. The third-order valence-electron chi connectivity index (χ3n) is 5.82. The maximum absolute atomic E-state index is 13.0. The molecule has 4 rings (SSSR count). The molecule has 164 valence electrons. The number of hydrogen-bond donors (Lipinski definition) is 2. The molecule has 0 saturated carbocycles. The number of aryl methyl sites for hydroxylation is 1. The van der Waals surface area contributed by atoms with Crippen molar-refractivity contribution in [1.82, 2.24) is 4.98 Å². The van der Waals surface area contributed by atoms with Crippen molar-refractivity contribution in [3.8, 4) is 0 Å². The SMILES string of the molecule is CCc1[nH]c(C(=O)Nc2ccc(C(=O)N3CCc4ccccc43)cc2)c(C)c1C(=O)OC. The minimum absolute atomic E-state index is 0.0663. The van der Waals surface area contributed by atoms with Crippen LogP contribution in [0.1, 0.15) is 54.9 Å². The van der Waals surface area contributed by atoms with Gasteiger partial charge in [0, 0.05) is 29.2 Å². The quantitative estimate of drug-likeness (QED) is 0.595. The second-order valence-corrected chi connectivity index (χ2v) is 7.69. The molecule has 32 heavy (non-hydrogen) atoms. The molecule has 0 bridgehead atoms. The molecule has 2 amide bonds. The first-order valence-corrected chi connectivity index (χ1v) is 10.6. The Morgan fingerprint density at radius 1 is 1.09 bits per heavy atom. The van der Waals surface area contributed by atoms with E-state index in [2.05, 4.69) is 10.3 Å². The number of ether oxygens (including phenoxy) is 1. The van der Waals surface area contributed by atoms with Crippen LogP contribution in [-0.2, 0) is 17.6 Å².